The van der Waals surface area contributed by atoms with Crippen molar-refractivity contribution in [1.82, 2.24) is 4.90 Å². The number of hydrogen-bond acceptors (Lipinski definition) is 2. The Balaban J connectivity index is 2.05. The molecule has 3 heteroatoms. The number of nitrogens with two attached hydrogens (primary N) is 1. The highest BCUT2D eigenvalue weighted by Gasteiger charge is 2.27. The summed E-state index contributed by atoms with van der Waals surface area (Å²) < 4.78 is 13.3. The molecule has 0 unspecified atom stereocenters. The molecule has 0 aromatic heterocycles. The summed E-state index contributed by atoms with van der Waals surface area (Å²) in [7, 11) is 0. The predicted octanol–water partition coefficient (Wildman–Crippen LogP) is 2.56. The van der Waals surface area contributed by atoms with Crippen LogP contribution in [0, 0.1) is 5.82 Å². The molecule has 0 amide bonds. The van der Waals surface area contributed by atoms with Crippen LogP contribution in [0.5, 0.6) is 0 Å². The minimum absolute atomic E-state index is 0.213. The van der Waals surface area contributed by atoms with Gasteiger partial charge in [0.1, 0.15) is 5.82 Å². The van der Waals surface area contributed by atoms with Gasteiger partial charge in [0.05, 0.1) is 5.69 Å². The summed E-state index contributed by atoms with van der Waals surface area (Å²) in [5, 5.41) is 0. The summed E-state index contributed by atoms with van der Waals surface area (Å²) in [4.78, 5) is 2.32. The molecule has 86 valence electrons. The summed E-state index contributed by atoms with van der Waals surface area (Å²) in [6, 6.07) is 5.69. The first-order valence-electron chi connectivity index (χ1n) is 5.59. The van der Waals surface area contributed by atoms with E-state index in [9.17, 15) is 4.39 Å². The number of halogens is 1. The van der Waals surface area contributed by atoms with Crippen LogP contribution in [0.2, 0.25) is 0 Å². The molecule has 1 fully saturated rings. The normalized spacial score (nSPS) is 15.4. The first kappa shape index (κ1) is 11.1. The third kappa shape index (κ3) is 2.61. The van der Waals surface area contributed by atoms with Gasteiger partial charge in [0, 0.05) is 19.1 Å². The molecule has 0 atom stereocenters. The predicted molar refractivity (Wildman–Crippen MR) is 64.4 cm³/mol. The summed E-state index contributed by atoms with van der Waals surface area (Å²) in [5.41, 5.74) is 6.63. The van der Waals surface area contributed by atoms with E-state index in [0.29, 0.717) is 6.04 Å². The number of anilines is 1. The van der Waals surface area contributed by atoms with Crippen LogP contribution in [0.25, 0.3) is 0 Å². The molecule has 1 aliphatic rings. The molecule has 0 heterocycles. The van der Waals surface area contributed by atoms with Crippen LogP contribution < -0.4 is 5.73 Å². The molecule has 0 radical (unpaired) electrons. The Kier molecular flexibility index (Phi) is 3.25. The zero-order chi connectivity index (χ0) is 11.5. The first-order valence-corrected chi connectivity index (χ1v) is 5.59. The van der Waals surface area contributed by atoms with E-state index in [1.807, 2.05) is 12.1 Å². The van der Waals surface area contributed by atoms with Gasteiger partial charge in [-0.1, -0.05) is 12.1 Å². The summed E-state index contributed by atoms with van der Waals surface area (Å²) in [6.45, 7) is 5.38. The molecule has 0 spiro atoms. The van der Waals surface area contributed by atoms with Crippen LogP contribution >= 0.6 is 0 Å². The van der Waals surface area contributed by atoms with E-state index in [-0.39, 0.29) is 11.5 Å². The van der Waals surface area contributed by atoms with Crippen LogP contribution in [-0.2, 0) is 6.54 Å². The maximum atomic E-state index is 13.3. The van der Waals surface area contributed by atoms with Crippen molar-refractivity contribution in [3.8, 4) is 0 Å². The van der Waals surface area contributed by atoms with Crippen molar-refractivity contribution in [2.24, 2.45) is 0 Å². The second-order valence-corrected chi connectivity index (χ2v) is 4.31. The van der Waals surface area contributed by atoms with E-state index in [0.717, 1.165) is 18.7 Å². The highest BCUT2D eigenvalue weighted by molar-refractivity contribution is 5.41. The fraction of sp³-hybridized carbons (Fsp3) is 0.385. The lowest BCUT2D eigenvalue weighted by molar-refractivity contribution is 0.283. The molecule has 0 saturated heterocycles. The van der Waals surface area contributed by atoms with Gasteiger partial charge in [0.2, 0.25) is 0 Å². The minimum Gasteiger partial charge on any atom is -0.396 e. The summed E-state index contributed by atoms with van der Waals surface area (Å²) >= 11 is 0. The Morgan fingerprint density at radius 3 is 2.81 bits per heavy atom. The lowest BCUT2D eigenvalue weighted by Gasteiger charge is -2.20. The van der Waals surface area contributed by atoms with Gasteiger partial charge in [0.15, 0.2) is 0 Å². The molecule has 1 aromatic carbocycles. The van der Waals surface area contributed by atoms with Crippen molar-refractivity contribution >= 4 is 5.69 Å². The van der Waals surface area contributed by atoms with E-state index in [1.54, 1.807) is 6.07 Å². The Morgan fingerprint density at radius 1 is 1.50 bits per heavy atom. The average molecular weight is 220 g/mol. The molecular formula is C13H17FN2. The number of nitrogens with zero attached hydrogens (tertiary/aromatic N) is 1. The van der Waals surface area contributed by atoms with E-state index >= 15 is 0 Å². The lowest BCUT2D eigenvalue weighted by atomic mass is 10.2. The molecule has 2 rings (SSSR count). The molecule has 1 saturated carbocycles. The van der Waals surface area contributed by atoms with Crippen molar-refractivity contribution in [2.75, 3.05) is 12.3 Å². The third-order valence-electron chi connectivity index (χ3n) is 2.88. The van der Waals surface area contributed by atoms with Crippen LogP contribution in [0.1, 0.15) is 18.4 Å². The van der Waals surface area contributed by atoms with Crippen molar-refractivity contribution in [3.63, 3.8) is 0 Å². The summed E-state index contributed by atoms with van der Waals surface area (Å²) in [5.74, 6) is -0.327. The topological polar surface area (TPSA) is 29.3 Å². The van der Waals surface area contributed by atoms with Crippen LogP contribution in [0.4, 0.5) is 10.1 Å². The molecule has 1 aromatic rings. The van der Waals surface area contributed by atoms with E-state index in [1.165, 1.54) is 18.9 Å². The second-order valence-electron chi connectivity index (χ2n) is 4.31. The fourth-order valence-electron chi connectivity index (χ4n) is 1.85. The fourth-order valence-corrected chi connectivity index (χ4v) is 1.85. The van der Waals surface area contributed by atoms with Gasteiger partial charge in [-0.3, -0.25) is 4.90 Å². The standard InChI is InChI=1S/C13H17FN2/c1-2-7-16(11-4-5-11)9-10-3-6-13(15)12(14)8-10/h2-3,6,8,11H,1,4-5,7,9,15H2. The highest BCUT2D eigenvalue weighted by Crippen LogP contribution is 2.28. The van der Waals surface area contributed by atoms with Gasteiger partial charge in [0.25, 0.3) is 0 Å². The number of rotatable bonds is 5. The van der Waals surface area contributed by atoms with Crippen molar-refractivity contribution < 1.29 is 4.39 Å². The number of benzene rings is 1. The van der Waals surface area contributed by atoms with Gasteiger partial charge in [-0.25, -0.2) is 4.39 Å². The van der Waals surface area contributed by atoms with Gasteiger partial charge in [-0.2, -0.15) is 0 Å². The molecule has 0 aliphatic heterocycles. The molecule has 0 bridgehead atoms. The van der Waals surface area contributed by atoms with Crippen LogP contribution in [0.3, 0.4) is 0 Å². The number of nitrogen functional groups attached to an aromatic ring is 1. The minimum atomic E-state index is -0.327. The zero-order valence-corrected chi connectivity index (χ0v) is 9.32. The van der Waals surface area contributed by atoms with Gasteiger partial charge in [-0.05, 0) is 30.5 Å². The monoisotopic (exact) mass is 220 g/mol. The maximum absolute atomic E-state index is 13.3. The van der Waals surface area contributed by atoms with Gasteiger partial charge >= 0.3 is 0 Å². The Morgan fingerprint density at radius 2 is 2.25 bits per heavy atom. The zero-order valence-electron chi connectivity index (χ0n) is 9.32. The van der Waals surface area contributed by atoms with Crippen LogP contribution in [-0.4, -0.2) is 17.5 Å². The van der Waals surface area contributed by atoms with E-state index < -0.39 is 0 Å². The smallest absolute Gasteiger partial charge is 0.146 e. The molecular weight excluding hydrogens is 203 g/mol. The van der Waals surface area contributed by atoms with Gasteiger partial charge < -0.3 is 5.73 Å². The molecule has 1 aliphatic carbocycles. The van der Waals surface area contributed by atoms with Crippen molar-refractivity contribution in [1.29, 1.82) is 0 Å². The first-order chi connectivity index (χ1) is 7.70. The number of hydrogen-bond donors (Lipinski definition) is 1. The second kappa shape index (κ2) is 4.66. The van der Waals surface area contributed by atoms with Crippen molar-refractivity contribution in [2.45, 2.75) is 25.4 Å². The lowest BCUT2D eigenvalue weighted by Crippen LogP contribution is -2.25. The Labute approximate surface area is 95.6 Å². The van der Waals surface area contributed by atoms with E-state index in [4.69, 9.17) is 5.73 Å². The van der Waals surface area contributed by atoms with E-state index in [2.05, 4.69) is 11.5 Å². The van der Waals surface area contributed by atoms with Gasteiger partial charge in [-0.15, -0.1) is 6.58 Å². The van der Waals surface area contributed by atoms with Crippen molar-refractivity contribution in [3.05, 3.63) is 42.2 Å². The van der Waals surface area contributed by atoms with Crippen LogP contribution in [0.15, 0.2) is 30.9 Å². The quantitative estimate of drug-likeness (QED) is 0.610. The Hall–Kier alpha value is -1.35. The molecule has 16 heavy (non-hydrogen) atoms. The maximum Gasteiger partial charge on any atom is 0.146 e. The molecule has 2 N–H and O–H groups in total. The average Bonchev–Trinajstić information content (AvgIpc) is 3.06. The molecule has 2 nitrogen and oxygen atoms in total. The highest BCUT2D eigenvalue weighted by atomic mass is 19.1. The summed E-state index contributed by atoms with van der Waals surface area (Å²) in [6.07, 6.45) is 4.38. The third-order valence-corrected chi connectivity index (χ3v) is 2.88. The SMILES string of the molecule is C=CCN(Cc1ccc(N)c(F)c1)C1CC1. The largest absolute Gasteiger partial charge is 0.396 e. The Bertz CT molecular complexity index is 386.